The Labute approximate surface area is 107 Å². The fraction of sp³-hybridized carbons (Fsp3) is 0.267. The third-order valence-electron chi connectivity index (χ3n) is 3.40. The smallest absolute Gasteiger partial charge is 0.131 e. The van der Waals surface area contributed by atoms with E-state index in [1.54, 1.807) is 6.20 Å². The van der Waals surface area contributed by atoms with Gasteiger partial charge in [-0.2, -0.15) is 0 Å². The van der Waals surface area contributed by atoms with Crippen molar-refractivity contribution in [2.75, 3.05) is 12.3 Å². The van der Waals surface area contributed by atoms with E-state index in [9.17, 15) is 0 Å². The van der Waals surface area contributed by atoms with Gasteiger partial charge in [0.05, 0.1) is 18.0 Å². The van der Waals surface area contributed by atoms with Gasteiger partial charge in [-0.15, -0.1) is 0 Å². The molecule has 1 aliphatic rings. The van der Waals surface area contributed by atoms with Crippen LogP contribution < -0.4 is 10.5 Å². The number of anilines is 1. The first-order valence-electron chi connectivity index (χ1n) is 6.23. The van der Waals surface area contributed by atoms with Gasteiger partial charge < -0.3 is 10.5 Å². The molecule has 0 fully saturated rings. The fourth-order valence-corrected chi connectivity index (χ4v) is 2.36. The van der Waals surface area contributed by atoms with Crippen LogP contribution in [0, 0.1) is 6.92 Å². The molecule has 0 bridgehead atoms. The number of hydrogen-bond acceptors (Lipinski definition) is 3. The average molecular weight is 240 g/mol. The zero-order valence-electron chi connectivity index (χ0n) is 10.4. The van der Waals surface area contributed by atoms with E-state index in [0.717, 1.165) is 47.7 Å². The number of rotatable bonds is 1. The van der Waals surface area contributed by atoms with Gasteiger partial charge in [-0.05, 0) is 43.0 Å². The van der Waals surface area contributed by atoms with Crippen molar-refractivity contribution in [1.82, 2.24) is 4.98 Å². The Morgan fingerprint density at radius 2 is 2.17 bits per heavy atom. The normalized spacial score (nSPS) is 13.8. The molecular formula is C15H16N2O. The van der Waals surface area contributed by atoms with Crippen LogP contribution in [0.3, 0.4) is 0 Å². The van der Waals surface area contributed by atoms with Crippen LogP contribution in [-0.4, -0.2) is 11.6 Å². The maximum Gasteiger partial charge on any atom is 0.131 e. The molecule has 0 radical (unpaired) electrons. The van der Waals surface area contributed by atoms with Crippen molar-refractivity contribution in [3.63, 3.8) is 0 Å². The van der Waals surface area contributed by atoms with Crippen molar-refractivity contribution in [2.45, 2.75) is 19.8 Å². The molecular weight excluding hydrogens is 224 g/mol. The molecule has 0 saturated heterocycles. The lowest BCUT2D eigenvalue weighted by atomic mass is 9.99. The molecule has 2 N–H and O–H groups in total. The fourth-order valence-electron chi connectivity index (χ4n) is 2.36. The molecule has 92 valence electrons. The second-order valence-electron chi connectivity index (χ2n) is 4.64. The van der Waals surface area contributed by atoms with Crippen LogP contribution in [0.1, 0.15) is 17.5 Å². The van der Waals surface area contributed by atoms with Crippen LogP contribution in [0.4, 0.5) is 5.69 Å². The minimum absolute atomic E-state index is 0.736. The van der Waals surface area contributed by atoms with E-state index in [4.69, 9.17) is 10.5 Å². The van der Waals surface area contributed by atoms with Gasteiger partial charge in [0.2, 0.25) is 0 Å². The van der Waals surface area contributed by atoms with Crippen LogP contribution in [0.15, 0.2) is 30.5 Å². The molecule has 0 spiro atoms. The highest BCUT2D eigenvalue weighted by Crippen LogP contribution is 2.38. The minimum Gasteiger partial charge on any atom is -0.493 e. The minimum atomic E-state index is 0.736. The van der Waals surface area contributed by atoms with Crippen molar-refractivity contribution in [3.8, 4) is 17.0 Å². The van der Waals surface area contributed by atoms with Crippen molar-refractivity contribution in [1.29, 1.82) is 0 Å². The summed E-state index contributed by atoms with van der Waals surface area (Å²) in [6.45, 7) is 2.77. The van der Waals surface area contributed by atoms with E-state index in [-0.39, 0.29) is 0 Å². The molecule has 2 heterocycles. The molecule has 0 aliphatic carbocycles. The molecule has 0 amide bonds. The second-order valence-corrected chi connectivity index (χ2v) is 4.64. The number of ether oxygens (including phenoxy) is 1. The van der Waals surface area contributed by atoms with Crippen LogP contribution in [0.2, 0.25) is 0 Å². The number of nitrogens with two attached hydrogens (primary N) is 1. The summed E-state index contributed by atoms with van der Waals surface area (Å²) in [5.74, 6) is 0.952. The average Bonchev–Trinajstić information content (AvgIpc) is 2.41. The highest BCUT2D eigenvalue weighted by molar-refractivity contribution is 5.79. The molecule has 3 heteroatoms. The van der Waals surface area contributed by atoms with Crippen LogP contribution in [-0.2, 0) is 6.42 Å². The van der Waals surface area contributed by atoms with Gasteiger partial charge in [-0.25, -0.2) is 0 Å². The largest absolute Gasteiger partial charge is 0.493 e. The number of fused-ring (bicyclic) bond motifs is 1. The Morgan fingerprint density at radius 3 is 3.06 bits per heavy atom. The number of aromatic nitrogens is 1. The first-order valence-corrected chi connectivity index (χ1v) is 6.23. The predicted octanol–water partition coefficient (Wildman–Crippen LogP) is 2.96. The van der Waals surface area contributed by atoms with E-state index in [0.29, 0.717) is 0 Å². The van der Waals surface area contributed by atoms with Gasteiger partial charge in [0.15, 0.2) is 0 Å². The Kier molecular flexibility index (Phi) is 2.67. The summed E-state index contributed by atoms with van der Waals surface area (Å²) in [5, 5.41) is 0. The van der Waals surface area contributed by atoms with Crippen LogP contribution in [0.5, 0.6) is 5.75 Å². The molecule has 0 unspecified atom stereocenters. The third-order valence-corrected chi connectivity index (χ3v) is 3.40. The lowest BCUT2D eigenvalue weighted by molar-refractivity contribution is 0.289. The van der Waals surface area contributed by atoms with Gasteiger partial charge in [0.1, 0.15) is 5.75 Å². The summed E-state index contributed by atoms with van der Waals surface area (Å²) in [5.41, 5.74) is 11.0. The maximum absolute atomic E-state index is 6.13. The SMILES string of the molecule is Cc1ccnc(-c2cccc3c2OCCC3)c1N. The number of nitrogens with zero attached hydrogens (tertiary/aromatic N) is 1. The van der Waals surface area contributed by atoms with Gasteiger partial charge in [-0.3, -0.25) is 4.98 Å². The highest BCUT2D eigenvalue weighted by atomic mass is 16.5. The van der Waals surface area contributed by atoms with Crippen molar-refractivity contribution in [3.05, 3.63) is 41.6 Å². The summed E-state index contributed by atoms with van der Waals surface area (Å²) in [6.07, 6.45) is 3.94. The van der Waals surface area contributed by atoms with Crippen molar-refractivity contribution in [2.24, 2.45) is 0 Å². The topological polar surface area (TPSA) is 48.1 Å². The van der Waals surface area contributed by atoms with E-state index in [1.165, 1.54) is 5.56 Å². The lowest BCUT2D eigenvalue weighted by Gasteiger charge is -2.20. The zero-order valence-corrected chi connectivity index (χ0v) is 10.4. The van der Waals surface area contributed by atoms with Gasteiger partial charge >= 0.3 is 0 Å². The monoisotopic (exact) mass is 240 g/mol. The Morgan fingerprint density at radius 1 is 1.28 bits per heavy atom. The zero-order chi connectivity index (χ0) is 12.5. The first-order chi connectivity index (χ1) is 8.77. The number of aryl methyl sites for hydroxylation is 2. The Bertz CT molecular complexity index is 593. The van der Waals surface area contributed by atoms with E-state index >= 15 is 0 Å². The molecule has 3 nitrogen and oxygen atoms in total. The van der Waals surface area contributed by atoms with E-state index in [1.807, 2.05) is 25.1 Å². The Balaban J connectivity index is 2.20. The summed E-state index contributed by atoms with van der Waals surface area (Å²) in [6, 6.07) is 8.12. The summed E-state index contributed by atoms with van der Waals surface area (Å²) in [4.78, 5) is 4.41. The van der Waals surface area contributed by atoms with Crippen LogP contribution >= 0.6 is 0 Å². The number of nitrogen functional groups attached to an aromatic ring is 1. The number of pyridine rings is 1. The summed E-state index contributed by atoms with van der Waals surface area (Å²) >= 11 is 0. The molecule has 0 atom stereocenters. The molecule has 1 aromatic carbocycles. The van der Waals surface area contributed by atoms with Gasteiger partial charge in [0.25, 0.3) is 0 Å². The quantitative estimate of drug-likeness (QED) is 0.833. The van der Waals surface area contributed by atoms with Gasteiger partial charge in [-0.1, -0.05) is 12.1 Å². The standard InChI is InChI=1S/C15H16N2O/c1-10-7-8-17-14(13(10)16)12-6-2-4-11-5-3-9-18-15(11)12/h2,4,6-8H,3,5,9,16H2,1H3. The molecule has 18 heavy (non-hydrogen) atoms. The molecule has 0 saturated carbocycles. The molecule has 1 aromatic heterocycles. The second kappa shape index (κ2) is 4.33. The summed E-state index contributed by atoms with van der Waals surface area (Å²) < 4.78 is 5.81. The van der Waals surface area contributed by atoms with Gasteiger partial charge in [0, 0.05) is 11.8 Å². The molecule has 3 rings (SSSR count). The first kappa shape index (κ1) is 11.1. The van der Waals surface area contributed by atoms with Crippen LogP contribution in [0.25, 0.3) is 11.3 Å². The molecule has 1 aliphatic heterocycles. The number of benzene rings is 1. The van der Waals surface area contributed by atoms with Crippen molar-refractivity contribution < 1.29 is 4.74 Å². The summed E-state index contributed by atoms with van der Waals surface area (Å²) in [7, 11) is 0. The van der Waals surface area contributed by atoms with Crippen molar-refractivity contribution >= 4 is 5.69 Å². The highest BCUT2D eigenvalue weighted by Gasteiger charge is 2.18. The van der Waals surface area contributed by atoms with E-state index < -0.39 is 0 Å². The molecule has 2 aromatic rings. The number of para-hydroxylation sites is 1. The lowest BCUT2D eigenvalue weighted by Crippen LogP contribution is -2.10. The third kappa shape index (κ3) is 1.72. The Hall–Kier alpha value is -2.03. The van der Waals surface area contributed by atoms with E-state index in [2.05, 4.69) is 11.1 Å². The maximum atomic E-state index is 6.13. The number of hydrogen-bond donors (Lipinski definition) is 1. The predicted molar refractivity (Wildman–Crippen MR) is 72.6 cm³/mol.